The number of likely N-dealkylation sites (tertiary alicyclic amines) is 1. The fraction of sp³-hybridized carbons (Fsp3) is 0.529. The lowest BCUT2D eigenvalue weighted by Gasteiger charge is -2.38. The summed E-state index contributed by atoms with van der Waals surface area (Å²) in [4.78, 5) is 26.0. The summed E-state index contributed by atoms with van der Waals surface area (Å²) < 4.78 is 12.8. The third-order valence-corrected chi connectivity index (χ3v) is 4.30. The zero-order chi connectivity index (χ0) is 16.8. The van der Waals surface area contributed by atoms with E-state index in [1.54, 1.807) is 0 Å². The summed E-state index contributed by atoms with van der Waals surface area (Å²) in [5.74, 6) is -0.0816. The Morgan fingerprint density at radius 3 is 2.70 bits per heavy atom. The lowest BCUT2D eigenvalue weighted by Crippen LogP contribution is -2.49. The van der Waals surface area contributed by atoms with Crippen molar-refractivity contribution in [3.05, 3.63) is 35.6 Å². The molecule has 6 heteroatoms. The van der Waals surface area contributed by atoms with Gasteiger partial charge in [0.15, 0.2) is 0 Å². The summed E-state index contributed by atoms with van der Waals surface area (Å²) in [6.07, 6.45) is 2.17. The van der Waals surface area contributed by atoms with Crippen LogP contribution < -0.4 is 11.1 Å². The molecule has 0 saturated carbocycles. The smallest absolute Gasteiger partial charge is 0.251 e. The molecule has 5 nitrogen and oxygen atoms in total. The molecule has 0 aliphatic carbocycles. The van der Waals surface area contributed by atoms with Gasteiger partial charge >= 0.3 is 0 Å². The first-order chi connectivity index (χ1) is 11.0. The largest absolute Gasteiger partial charge is 0.352 e. The molecular formula is C17H24FN3O2. The second-order valence-electron chi connectivity index (χ2n) is 6.12. The van der Waals surface area contributed by atoms with Crippen LogP contribution in [-0.2, 0) is 4.79 Å². The van der Waals surface area contributed by atoms with Crippen LogP contribution in [0.1, 0.15) is 36.5 Å². The zero-order valence-corrected chi connectivity index (χ0v) is 13.4. The van der Waals surface area contributed by atoms with E-state index >= 15 is 0 Å². The Morgan fingerprint density at radius 2 is 2.04 bits per heavy atom. The molecule has 0 spiro atoms. The molecule has 2 rings (SSSR count). The number of nitrogens with zero attached hydrogens (tertiary/aromatic N) is 1. The average Bonchev–Trinajstić information content (AvgIpc) is 2.55. The highest BCUT2D eigenvalue weighted by molar-refractivity contribution is 5.94. The van der Waals surface area contributed by atoms with Crippen LogP contribution in [0, 0.1) is 11.7 Å². The number of hydrogen-bond donors (Lipinski definition) is 2. The number of hydrogen-bond acceptors (Lipinski definition) is 3. The minimum Gasteiger partial charge on any atom is -0.352 e. The SMILES string of the molecule is CC1CCN(C(=O)CCNC(=O)c2ccc(F)cc2)C(CN)C1. The Hall–Kier alpha value is -1.95. The van der Waals surface area contributed by atoms with Crippen molar-refractivity contribution in [3.8, 4) is 0 Å². The highest BCUT2D eigenvalue weighted by Crippen LogP contribution is 2.22. The van der Waals surface area contributed by atoms with Crippen molar-refractivity contribution in [2.45, 2.75) is 32.2 Å². The summed E-state index contributed by atoms with van der Waals surface area (Å²) >= 11 is 0. The number of piperidine rings is 1. The first-order valence-electron chi connectivity index (χ1n) is 8.04. The Balaban J connectivity index is 1.80. The second kappa shape index (κ2) is 8.06. The molecule has 1 aromatic rings. The Kier molecular flexibility index (Phi) is 6.10. The summed E-state index contributed by atoms with van der Waals surface area (Å²) in [6, 6.07) is 5.41. The van der Waals surface area contributed by atoms with Gasteiger partial charge in [-0.25, -0.2) is 4.39 Å². The van der Waals surface area contributed by atoms with E-state index in [4.69, 9.17) is 5.73 Å². The first kappa shape index (κ1) is 17.4. The zero-order valence-electron chi connectivity index (χ0n) is 13.4. The molecule has 1 aromatic carbocycles. The summed E-state index contributed by atoms with van der Waals surface area (Å²) in [5.41, 5.74) is 6.14. The van der Waals surface area contributed by atoms with Gasteiger partial charge in [-0.3, -0.25) is 9.59 Å². The van der Waals surface area contributed by atoms with E-state index in [-0.39, 0.29) is 36.6 Å². The quantitative estimate of drug-likeness (QED) is 0.863. The van der Waals surface area contributed by atoms with Crippen LogP contribution in [-0.4, -0.2) is 42.4 Å². The molecular weight excluding hydrogens is 297 g/mol. The minimum atomic E-state index is -0.385. The van der Waals surface area contributed by atoms with Crippen molar-refractivity contribution in [1.29, 1.82) is 0 Å². The topological polar surface area (TPSA) is 75.4 Å². The number of halogens is 1. The van der Waals surface area contributed by atoms with E-state index in [9.17, 15) is 14.0 Å². The van der Waals surface area contributed by atoms with Gasteiger partial charge < -0.3 is 16.0 Å². The Labute approximate surface area is 136 Å². The predicted octanol–water partition coefficient (Wildman–Crippen LogP) is 1.53. The lowest BCUT2D eigenvalue weighted by molar-refractivity contribution is -0.135. The third kappa shape index (κ3) is 4.76. The predicted molar refractivity (Wildman–Crippen MR) is 86.3 cm³/mol. The minimum absolute atomic E-state index is 0.0201. The van der Waals surface area contributed by atoms with E-state index in [0.29, 0.717) is 18.0 Å². The molecule has 1 aliphatic rings. The Bertz CT molecular complexity index is 547. The van der Waals surface area contributed by atoms with Crippen LogP contribution in [0.25, 0.3) is 0 Å². The van der Waals surface area contributed by atoms with Crippen molar-refractivity contribution in [3.63, 3.8) is 0 Å². The molecule has 0 aromatic heterocycles. The number of rotatable bonds is 5. The van der Waals surface area contributed by atoms with E-state index in [1.165, 1.54) is 24.3 Å². The van der Waals surface area contributed by atoms with Gasteiger partial charge in [0.1, 0.15) is 5.82 Å². The maximum atomic E-state index is 12.8. The molecule has 2 unspecified atom stereocenters. The summed E-state index contributed by atoms with van der Waals surface area (Å²) in [7, 11) is 0. The number of carbonyl (C=O) groups is 2. The van der Waals surface area contributed by atoms with Gasteiger partial charge in [0, 0.05) is 37.7 Å². The maximum Gasteiger partial charge on any atom is 0.251 e. The molecule has 23 heavy (non-hydrogen) atoms. The van der Waals surface area contributed by atoms with Crippen LogP contribution in [0.4, 0.5) is 4.39 Å². The molecule has 1 fully saturated rings. The Morgan fingerprint density at radius 1 is 1.35 bits per heavy atom. The van der Waals surface area contributed by atoms with E-state index in [0.717, 1.165) is 19.4 Å². The maximum absolute atomic E-state index is 12.8. The number of carbonyl (C=O) groups excluding carboxylic acids is 2. The third-order valence-electron chi connectivity index (χ3n) is 4.30. The van der Waals surface area contributed by atoms with Gasteiger partial charge in [-0.05, 0) is 43.0 Å². The van der Waals surface area contributed by atoms with Gasteiger partial charge in [0.25, 0.3) is 5.91 Å². The van der Waals surface area contributed by atoms with E-state index in [2.05, 4.69) is 12.2 Å². The molecule has 1 aliphatic heterocycles. The molecule has 2 amide bonds. The lowest BCUT2D eigenvalue weighted by atomic mass is 9.92. The van der Waals surface area contributed by atoms with Crippen LogP contribution in [0.3, 0.4) is 0 Å². The molecule has 126 valence electrons. The standard InChI is InChI=1S/C17H24FN3O2/c1-12-7-9-21(15(10-12)11-19)16(22)6-8-20-17(23)13-2-4-14(18)5-3-13/h2-5,12,15H,6-11,19H2,1H3,(H,20,23). The molecule has 0 bridgehead atoms. The monoisotopic (exact) mass is 321 g/mol. The second-order valence-corrected chi connectivity index (χ2v) is 6.12. The fourth-order valence-corrected chi connectivity index (χ4v) is 2.93. The number of nitrogens with one attached hydrogen (secondary N) is 1. The normalized spacial score (nSPS) is 21.1. The van der Waals surface area contributed by atoms with Gasteiger partial charge in [-0.15, -0.1) is 0 Å². The molecule has 1 saturated heterocycles. The van der Waals surface area contributed by atoms with Crippen molar-refractivity contribution in [1.82, 2.24) is 10.2 Å². The highest BCUT2D eigenvalue weighted by Gasteiger charge is 2.28. The number of benzene rings is 1. The highest BCUT2D eigenvalue weighted by atomic mass is 19.1. The van der Waals surface area contributed by atoms with E-state index < -0.39 is 0 Å². The van der Waals surface area contributed by atoms with Crippen LogP contribution >= 0.6 is 0 Å². The number of amides is 2. The molecule has 0 radical (unpaired) electrons. The van der Waals surface area contributed by atoms with Crippen molar-refractivity contribution in [2.24, 2.45) is 11.7 Å². The molecule has 3 N–H and O–H groups in total. The van der Waals surface area contributed by atoms with Gasteiger partial charge in [0.05, 0.1) is 0 Å². The van der Waals surface area contributed by atoms with Gasteiger partial charge in [-0.1, -0.05) is 6.92 Å². The van der Waals surface area contributed by atoms with Gasteiger partial charge in [-0.2, -0.15) is 0 Å². The van der Waals surface area contributed by atoms with Crippen LogP contribution in [0.2, 0.25) is 0 Å². The van der Waals surface area contributed by atoms with Crippen molar-refractivity contribution >= 4 is 11.8 Å². The molecule has 1 heterocycles. The van der Waals surface area contributed by atoms with Crippen molar-refractivity contribution < 1.29 is 14.0 Å². The summed E-state index contributed by atoms with van der Waals surface area (Å²) in [6.45, 7) is 3.64. The number of nitrogens with two attached hydrogens (primary N) is 1. The van der Waals surface area contributed by atoms with Gasteiger partial charge in [0.2, 0.25) is 5.91 Å². The first-order valence-corrected chi connectivity index (χ1v) is 8.04. The molecule has 2 atom stereocenters. The fourth-order valence-electron chi connectivity index (χ4n) is 2.93. The van der Waals surface area contributed by atoms with E-state index in [1.807, 2.05) is 4.90 Å². The average molecular weight is 321 g/mol. The van der Waals surface area contributed by atoms with Crippen LogP contribution in [0.15, 0.2) is 24.3 Å². The summed E-state index contributed by atoms with van der Waals surface area (Å²) in [5, 5.41) is 2.69. The van der Waals surface area contributed by atoms with Crippen LogP contribution in [0.5, 0.6) is 0 Å². The van der Waals surface area contributed by atoms with Crippen molar-refractivity contribution in [2.75, 3.05) is 19.6 Å².